The topological polar surface area (TPSA) is 63.2 Å². The lowest BCUT2D eigenvalue weighted by Crippen LogP contribution is -2.38. The van der Waals surface area contributed by atoms with E-state index in [9.17, 15) is 4.79 Å². The van der Waals surface area contributed by atoms with Gasteiger partial charge in [0.15, 0.2) is 6.61 Å². The molecule has 6 nitrogen and oxygen atoms in total. The highest BCUT2D eigenvalue weighted by Crippen LogP contribution is 2.42. The number of nitrogens with zero attached hydrogens (tertiary/aromatic N) is 2. The molecule has 1 heterocycles. The van der Waals surface area contributed by atoms with Gasteiger partial charge in [0.2, 0.25) is 0 Å². The van der Waals surface area contributed by atoms with Crippen molar-refractivity contribution in [3.05, 3.63) is 29.8 Å². The lowest BCUT2D eigenvalue weighted by Gasteiger charge is -2.40. The Morgan fingerprint density at radius 1 is 1.09 bits per heavy atom. The fourth-order valence-corrected chi connectivity index (χ4v) is 5.37. The zero-order valence-corrected chi connectivity index (χ0v) is 19.7. The number of rotatable bonds is 9. The average molecular weight is 442 g/mol. The van der Waals surface area contributed by atoms with Crippen molar-refractivity contribution in [2.75, 3.05) is 33.3 Å². The largest absolute Gasteiger partial charge is 0.484 e. The van der Waals surface area contributed by atoms with Crippen LogP contribution in [0.5, 0.6) is 5.75 Å². The lowest BCUT2D eigenvalue weighted by atomic mass is 9.69. The first-order valence-corrected chi connectivity index (χ1v) is 12.5. The molecule has 5 rings (SSSR count). The zero-order valence-electron chi connectivity index (χ0n) is 19.7. The number of benzene rings is 1. The van der Waals surface area contributed by atoms with E-state index < -0.39 is 0 Å². The molecule has 3 saturated carbocycles. The summed E-state index contributed by atoms with van der Waals surface area (Å²) >= 11 is 0. The van der Waals surface area contributed by atoms with Gasteiger partial charge in [-0.15, -0.1) is 0 Å². The van der Waals surface area contributed by atoms with E-state index >= 15 is 0 Å². The molecule has 1 N–H and O–H groups in total. The molecular weight excluding hydrogens is 402 g/mol. The summed E-state index contributed by atoms with van der Waals surface area (Å²) in [4.78, 5) is 20.5. The molecule has 1 aromatic carbocycles. The predicted octanol–water partition coefficient (Wildman–Crippen LogP) is 4.23. The van der Waals surface area contributed by atoms with Crippen molar-refractivity contribution in [2.45, 2.75) is 64.4 Å². The lowest BCUT2D eigenvalue weighted by molar-refractivity contribution is -0.123. The number of fused-ring (bicyclic) bond motifs is 3. The molecule has 0 radical (unpaired) electrons. The number of oxime groups is 1. The minimum absolute atomic E-state index is 0.0496. The van der Waals surface area contributed by atoms with Gasteiger partial charge in [0.05, 0.1) is 5.71 Å². The van der Waals surface area contributed by atoms with Crippen molar-refractivity contribution in [3.8, 4) is 5.75 Å². The monoisotopic (exact) mass is 441 g/mol. The second kappa shape index (κ2) is 11.2. The van der Waals surface area contributed by atoms with E-state index in [1.807, 2.05) is 24.3 Å². The van der Waals surface area contributed by atoms with Crippen LogP contribution in [0, 0.1) is 17.8 Å². The molecule has 4 fully saturated rings. The maximum Gasteiger partial charge on any atom is 0.257 e. The SMILES string of the molecule is CC/C(=N/OC1CC2CCC1CC2)c1ccc(OCC(=O)NCC2CCN(C)CC2)cc1. The van der Waals surface area contributed by atoms with Crippen LogP contribution in [-0.2, 0) is 9.63 Å². The second-order valence-corrected chi connectivity index (χ2v) is 9.92. The molecule has 2 bridgehead atoms. The first kappa shape index (κ1) is 23.1. The fraction of sp³-hybridized carbons (Fsp3) is 0.692. The average Bonchev–Trinajstić information content (AvgIpc) is 2.84. The van der Waals surface area contributed by atoms with Gasteiger partial charge in [-0.05, 0) is 119 Å². The molecule has 1 amide bonds. The van der Waals surface area contributed by atoms with Crippen molar-refractivity contribution < 1.29 is 14.4 Å². The van der Waals surface area contributed by atoms with Crippen molar-refractivity contribution >= 4 is 11.6 Å². The molecule has 0 spiro atoms. The van der Waals surface area contributed by atoms with Crippen LogP contribution in [0.2, 0.25) is 0 Å². The van der Waals surface area contributed by atoms with E-state index in [0.29, 0.717) is 23.7 Å². The third-order valence-electron chi connectivity index (χ3n) is 7.60. The molecule has 32 heavy (non-hydrogen) atoms. The fourth-order valence-electron chi connectivity index (χ4n) is 5.37. The van der Waals surface area contributed by atoms with Crippen LogP contribution < -0.4 is 10.1 Å². The van der Waals surface area contributed by atoms with E-state index in [1.165, 1.54) is 25.7 Å². The van der Waals surface area contributed by atoms with Gasteiger partial charge in [-0.1, -0.05) is 12.1 Å². The maximum absolute atomic E-state index is 12.2. The van der Waals surface area contributed by atoms with E-state index in [2.05, 4.69) is 29.3 Å². The Morgan fingerprint density at radius 3 is 2.44 bits per heavy atom. The molecule has 1 saturated heterocycles. The molecule has 0 aromatic heterocycles. The van der Waals surface area contributed by atoms with E-state index in [4.69, 9.17) is 9.57 Å². The van der Waals surface area contributed by atoms with Gasteiger partial charge in [-0.25, -0.2) is 0 Å². The standard InChI is InChI=1S/C26H39N3O3/c1-3-24(28-32-25-16-19-4-6-22(25)7-5-19)21-8-10-23(11-9-21)31-18-26(30)27-17-20-12-14-29(2)15-13-20/h8-11,19-20,22,25H,3-7,12-18H2,1-2H3,(H,27,30)/b28-24-. The number of ether oxygens (including phenoxy) is 1. The van der Waals surface area contributed by atoms with Crippen molar-refractivity contribution in [1.29, 1.82) is 0 Å². The van der Waals surface area contributed by atoms with Crippen LogP contribution in [0.15, 0.2) is 29.4 Å². The van der Waals surface area contributed by atoms with Gasteiger partial charge in [0.25, 0.3) is 5.91 Å². The van der Waals surface area contributed by atoms with E-state index in [-0.39, 0.29) is 12.5 Å². The van der Waals surface area contributed by atoms with Gasteiger partial charge in [0, 0.05) is 6.54 Å². The number of carbonyl (C=O) groups excluding carboxylic acids is 1. The highest BCUT2D eigenvalue weighted by atomic mass is 16.6. The number of likely N-dealkylation sites (tertiary alicyclic amines) is 1. The Balaban J connectivity index is 1.21. The Kier molecular flexibility index (Phi) is 8.06. The molecular formula is C26H39N3O3. The smallest absolute Gasteiger partial charge is 0.257 e. The minimum Gasteiger partial charge on any atom is -0.484 e. The quantitative estimate of drug-likeness (QED) is 0.460. The van der Waals surface area contributed by atoms with Crippen LogP contribution >= 0.6 is 0 Å². The van der Waals surface area contributed by atoms with Gasteiger partial charge < -0.3 is 19.8 Å². The Bertz CT molecular complexity index is 763. The third-order valence-corrected chi connectivity index (χ3v) is 7.60. The van der Waals surface area contributed by atoms with Crippen molar-refractivity contribution in [1.82, 2.24) is 10.2 Å². The Labute approximate surface area is 192 Å². The van der Waals surface area contributed by atoms with Crippen LogP contribution in [-0.4, -0.2) is 55.9 Å². The molecule has 1 unspecified atom stereocenters. The first-order chi connectivity index (χ1) is 15.6. The van der Waals surface area contributed by atoms with Gasteiger partial charge in [-0.2, -0.15) is 0 Å². The molecule has 1 atom stereocenters. The van der Waals surface area contributed by atoms with Crippen molar-refractivity contribution in [3.63, 3.8) is 0 Å². The molecule has 176 valence electrons. The zero-order chi connectivity index (χ0) is 22.3. The summed E-state index contributed by atoms with van der Waals surface area (Å²) in [5.74, 6) is 2.74. The van der Waals surface area contributed by atoms with Gasteiger partial charge in [0.1, 0.15) is 11.9 Å². The summed E-state index contributed by atoms with van der Waals surface area (Å²) in [5, 5.41) is 7.56. The number of nitrogens with one attached hydrogen (secondary N) is 1. The first-order valence-electron chi connectivity index (χ1n) is 12.5. The van der Waals surface area contributed by atoms with Crippen LogP contribution in [0.1, 0.15) is 63.9 Å². The number of hydrogen-bond donors (Lipinski definition) is 1. The number of piperidine rings is 1. The minimum atomic E-state index is -0.0565. The summed E-state index contributed by atoms with van der Waals surface area (Å²) in [6.07, 6.45) is 9.89. The highest BCUT2D eigenvalue weighted by molar-refractivity contribution is 6.00. The summed E-state index contributed by atoms with van der Waals surface area (Å²) in [6, 6.07) is 7.83. The molecule has 1 aromatic rings. The molecule has 4 aliphatic rings. The summed E-state index contributed by atoms with van der Waals surface area (Å²) in [6.45, 7) is 5.12. The van der Waals surface area contributed by atoms with Gasteiger partial charge in [-0.3, -0.25) is 4.79 Å². The number of hydrogen-bond acceptors (Lipinski definition) is 5. The third kappa shape index (κ3) is 6.25. The van der Waals surface area contributed by atoms with Crippen LogP contribution in [0.3, 0.4) is 0 Å². The Hall–Kier alpha value is -2.08. The highest BCUT2D eigenvalue weighted by Gasteiger charge is 2.37. The summed E-state index contributed by atoms with van der Waals surface area (Å²) in [5.41, 5.74) is 2.02. The van der Waals surface area contributed by atoms with Crippen LogP contribution in [0.4, 0.5) is 0 Å². The maximum atomic E-state index is 12.2. The molecule has 3 aliphatic carbocycles. The van der Waals surface area contributed by atoms with Crippen LogP contribution in [0.25, 0.3) is 0 Å². The van der Waals surface area contributed by atoms with E-state index in [0.717, 1.165) is 62.5 Å². The van der Waals surface area contributed by atoms with Gasteiger partial charge >= 0.3 is 0 Å². The summed E-state index contributed by atoms with van der Waals surface area (Å²) < 4.78 is 5.69. The molecule has 6 heteroatoms. The number of amides is 1. The number of carbonyl (C=O) groups is 1. The molecule has 1 aliphatic heterocycles. The second-order valence-electron chi connectivity index (χ2n) is 9.92. The predicted molar refractivity (Wildman–Crippen MR) is 127 cm³/mol. The normalized spacial score (nSPS) is 26.7. The Morgan fingerprint density at radius 2 is 1.81 bits per heavy atom. The summed E-state index contributed by atoms with van der Waals surface area (Å²) in [7, 11) is 2.15. The van der Waals surface area contributed by atoms with E-state index in [1.54, 1.807) is 0 Å². The van der Waals surface area contributed by atoms with Crippen molar-refractivity contribution in [2.24, 2.45) is 22.9 Å².